The van der Waals surface area contributed by atoms with Crippen LogP contribution in [-0.2, 0) is 6.54 Å². The van der Waals surface area contributed by atoms with E-state index in [0.29, 0.717) is 6.04 Å². The number of aromatic nitrogens is 1. The van der Waals surface area contributed by atoms with Gasteiger partial charge in [0.1, 0.15) is 0 Å². The third kappa shape index (κ3) is 3.67. The predicted molar refractivity (Wildman–Crippen MR) is 76.1 cm³/mol. The molecule has 18 heavy (non-hydrogen) atoms. The fourth-order valence-electron chi connectivity index (χ4n) is 2.62. The van der Waals surface area contributed by atoms with E-state index in [0.717, 1.165) is 24.7 Å². The van der Waals surface area contributed by atoms with Crippen LogP contribution in [0.25, 0.3) is 0 Å². The van der Waals surface area contributed by atoms with Crippen molar-refractivity contribution >= 4 is 11.3 Å². The molecule has 0 saturated carbocycles. The van der Waals surface area contributed by atoms with Crippen molar-refractivity contribution in [3.63, 3.8) is 0 Å². The van der Waals surface area contributed by atoms with Gasteiger partial charge in [-0.05, 0) is 38.8 Å². The van der Waals surface area contributed by atoms with Gasteiger partial charge >= 0.3 is 4.87 Å². The number of nitrogens with zero attached hydrogens (tertiary/aromatic N) is 1. The van der Waals surface area contributed by atoms with Gasteiger partial charge in [0.25, 0.3) is 0 Å². The molecule has 0 aliphatic carbocycles. The molecule has 2 rings (SSSR count). The number of hydrogen-bond acceptors (Lipinski definition) is 4. The molecule has 0 amide bonds. The fraction of sp³-hybridized carbons (Fsp3) is 0.769. The molecule has 102 valence electrons. The van der Waals surface area contributed by atoms with Crippen molar-refractivity contribution in [1.82, 2.24) is 15.2 Å². The van der Waals surface area contributed by atoms with Crippen LogP contribution in [0, 0.1) is 5.92 Å². The van der Waals surface area contributed by atoms with Crippen molar-refractivity contribution in [2.24, 2.45) is 5.92 Å². The molecule has 2 atom stereocenters. The number of piperidine rings is 1. The van der Waals surface area contributed by atoms with Crippen LogP contribution in [0.2, 0.25) is 0 Å². The first-order chi connectivity index (χ1) is 8.69. The summed E-state index contributed by atoms with van der Waals surface area (Å²) in [4.78, 5) is 16.5. The molecule has 1 aliphatic rings. The molecule has 1 saturated heterocycles. The quantitative estimate of drug-likeness (QED) is 0.854. The van der Waals surface area contributed by atoms with Gasteiger partial charge in [0, 0.05) is 30.2 Å². The second kappa shape index (κ2) is 6.50. The molecule has 0 bridgehead atoms. The third-order valence-corrected chi connectivity index (χ3v) is 4.60. The van der Waals surface area contributed by atoms with Crippen LogP contribution in [0.5, 0.6) is 0 Å². The highest BCUT2D eigenvalue weighted by atomic mass is 32.1. The predicted octanol–water partition coefficient (Wildman–Crippen LogP) is 1.65. The van der Waals surface area contributed by atoms with Crippen LogP contribution < -0.4 is 10.2 Å². The van der Waals surface area contributed by atoms with Gasteiger partial charge in [-0.15, -0.1) is 0 Å². The average Bonchev–Trinajstić information content (AvgIpc) is 2.82. The van der Waals surface area contributed by atoms with E-state index in [-0.39, 0.29) is 4.87 Å². The zero-order valence-corrected chi connectivity index (χ0v) is 12.1. The number of rotatable bonds is 5. The lowest BCUT2D eigenvalue weighted by atomic mass is 9.91. The fourth-order valence-corrected chi connectivity index (χ4v) is 3.21. The summed E-state index contributed by atoms with van der Waals surface area (Å²) in [5, 5.41) is 5.44. The Hall–Kier alpha value is -0.650. The maximum absolute atomic E-state index is 11.0. The molecule has 0 radical (unpaired) electrons. The number of H-pyrrole nitrogens is 1. The van der Waals surface area contributed by atoms with E-state index >= 15 is 0 Å². The van der Waals surface area contributed by atoms with Crippen LogP contribution in [0.3, 0.4) is 0 Å². The van der Waals surface area contributed by atoms with Crippen LogP contribution >= 0.6 is 11.3 Å². The van der Waals surface area contributed by atoms with Gasteiger partial charge < -0.3 is 15.2 Å². The Kier molecular flexibility index (Phi) is 4.97. The van der Waals surface area contributed by atoms with Crippen LogP contribution in [0.15, 0.2) is 10.2 Å². The summed E-state index contributed by atoms with van der Waals surface area (Å²) in [6, 6.07) is 0.503. The molecule has 1 fully saturated rings. The largest absolute Gasteiger partial charge is 0.315 e. The summed E-state index contributed by atoms with van der Waals surface area (Å²) in [5.74, 6) is 0.726. The smallest absolute Gasteiger partial charge is 0.304 e. The number of aromatic amines is 1. The molecule has 0 aromatic carbocycles. The minimum absolute atomic E-state index is 0.0364. The summed E-state index contributed by atoms with van der Waals surface area (Å²) in [5.41, 5.74) is 1.00. The number of nitrogens with one attached hydrogen (secondary N) is 2. The Balaban J connectivity index is 1.80. The summed E-state index contributed by atoms with van der Waals surface area (Å²) >= 11 is 1.24. The molecule has 5 heteroatoms. The first-order valence-electron chi connectivity index (χ1n) is 6.81. The van der Waals surface area contributed by atoms with Crippen molar-refractivity contribution in [1.29, 1.82) is 0 Å². The minimum atomic E-state index is 0.0364. The Bertz CT molecular complexity index is 414. The van der Waals surface area contributed by atoms with E-state index < -0.39 is 0 Å². The Morgan fingerprint density at radius 3 is 3.17 bits per heavy atom. The van der Waals surface area contributed by atoms with Crippen molar-refractivity contribution < 1.29 is 0 Å². The Labute approximate surface area is 112 Å². The normalized spacial score (nSPS) is 23.1. The highest BCUT2D eigenvalue weighted by Crippen LogP contribution is 2.19. The summed E-state index contributed by atoms with van der Waals surface area (Å²) < 4.78 is 0. The zero-order chi connectivity index (χ0) is 13.0. The van der Waals surface area contributed by atoms with Crippen LogP contribution in [0.1, 0.15) is 32.4 Å². The van der Waals surface area contributed by atoms with Gasteiger partial charge in [-0.2, -0.15) is 0 Å². The van der Waals surface area contributed by atoms with E-state index in [1.165, 1.54) is 37.3 Å². The summed E-state index contributed by atoms with van der Waals surface area (Å²) in [6.45, 7) is 8.86. The van der Waals surface area contributed by atoms with Gasteiger partial charge in [0.2, 0.25) is 0 Å². The van der Waals surface area contributed by atoms with E-state index in [9.17, 15) is 4.79 Å². The number of likely N-dealkylation sites (tertiary alicyclic amines) is 1. The first kappa shape index (κ1) is 13.8. The zero-order valence-electron chi connectivity index (χ0n) is 11.2. The van der Waals surface area contributed by atoms with Gasteiger partial charge in [-0.25, -0.2) is 0 Å². The van der Waals surface area contributed by atoms with Crippen molar-refractivity contribution in [3.05, 3.63) is 20.7 Å². The lowest BCUT2D eigenvalue weighted by molar-refractivity contribution is 0.156. The maximum atomic E-state index is 11.0. The second-order valence-electron chi connectivity index (χ2n) is 5.14. The van der Waals surface area contributed by atoms with Crippen molar-refractivity contribution in [3.8, 4) is 0 Å². The van der Waals surface area contributed by atoms with Crippen LogP contribution in [-0.4, -0.2) is 35.6 Å². The molecule has 1 aromatic rings. The van der Waals surface area contributed by atoms with E-state index in [1.807, 2.05) is 5.38 Å². The molecule has 1 aliphatic heterocycles. The SMILES string of the molecule is CCN1CCCC(C(C)NCc2csc(=O)[nH]2)C1. The highest BCUT2D eigenvalue weighted by Gasteiger charge is 2.23. The van der Waals surface area contributed by atoms with Crippen molar-refractivity contribution in [2.45, 2.75) is 39.3 Å². The van der Waals surface area contributed by atoms with Crippen molar-refractivity contribution in [2.75, 3.05) is 19.6 Å². The third-order valence-electron chi connectivity index (χ3n) is 3.88. The topological polar surface area (TPSA) is 48.1 Å². The number of thiazole rings is 1. The van der Waals surface area contributed by atoms with Gasteiger partial charge in [0.05, 0.1) is 0 Å². The lowest BCUT2D eigenvalue weighted by Gasteiger charge is -2.35. The first-order valence-corrected chi connectivity index (χ1v) is 7.69. The molecular weight excluding hydrogens is 246 g/mol. The molecule has 2 heterocycles. The standard InChI is InChI=1S/C13H23N3OS/c1-3-16-6-4-5-11(8-16)10(2)14-7-12-9-18-13(17)15-12/h9-11,14H,3-8H2,1-2H3,(H,15,17). The summed E-state index contributed by atoms with van der Waals surface area (Å²) in [7, 11) is 0. The molecule has 4 nitrogen and oxygen atoms in total. The second-order valence-corrected chi connectivity index (χ2v) is 5.98. The number of hydrogen-bond donors (Lipinski definition) is 2. The average molecular weight is 269 g/mol. The molecular formula is C13H23N3OS. The van der Waals surface area contributed by atoms with Gasteiger partial charge in [0.15, 0.2) is 0 Å². The summed E-state index contributed by atoms with van der Waals surface area (Å²) in [6.07, 6.45) is 2.62. The van der Waals surface area contributed by atoms with Gasteiger partial charge in [-0.3, -0.25) is 4.79 Å². The molecule has 0 spiro atoms. The molecule has 2 unspecified atom stereocenters. The van der Waals surface area contributed by atoms with E-state index in [2.05, 4.69) is 29.0 Å². The van der Waals surface area contributed by atoms with Crippen LogP contribution in [0.4, 0.5) is 0 Å². The monoisotopic (exact) mass is 269 g/mol. The Morgan fingerprint density at radius 1 is 1.67 bits per heavy atom. The van der Waals surface area contributed by atoms with E-state index in [4.69, 9.17) is 0 Å². The Morgan fingerprint density at radius 2 is 2.50 bits per heavy atom. The van der Waals surface area contributed by atoms with E-state index in [1.54, 1.807) is 0 Å². The molecule has 2 N–H and O–H groups in total. The lowest BCUT2D eigenvalue weighted by Crippen LogP contribution is -2.44. The highest BCUT2D eigenvalue weighted by molar-refractivity contribution is 7.07. The van der Waals surface area contributed by atoms with Gasteiger partial charge in [-0.1, -0.05) is 18.3 Å². The minimum Gasteiger partial charge on any atom is -0.315 e. The maximum Gasteiger partial charge on any atom is 0.304 e. The molecule has 1 aromatic heterocycles.